The van der Waals surface area contributed by atoms with Crippen molar-refractivity contribution in [3.05, 3.63) is 0 Å². The third-order valence-corrected chi connectivity index (χ3v) is 2.63. The van der Waals surface area contributed by atoms with Gasteiger partial charge in [0.05, 0.1) is 0 Å². The molecule has 0 spiro atoms. The van der Waals surface area contributed by atoms with E-state index in [1.165, 1.54) is 20.8 Å². The first-order chi connectivity index (χ1) is 7.22. The van der Waals surface area contributed by atoms with Crippen LogP contribution in [0.3, 0.4) is 0 Å². The van der Waals surface area contributed by atoms with E-state index in [-0.39, 0.29) is 24.1 Å². The number of carbonyl (C=O) groups excluding carboxylic acids is 3. The van der Waals surface area contributed by atoms with E-state index >= 15 is 0 Å². The molecule has 0 aliphatic rings. The summed E-state index contributed by atoms with van der Waals surface area (Å²) in [6.07, 6.45) is 0.408. The molecule has 0 aliphatic heterocycles. The first-order valence-corrected chi connectivity index (χ1v) is 5.38. The summed E-state index contributed by atoms with van der Waals surface area (Å²) >= 11 is 0. The average Bonchev–Trinajstić information content (AvgIpc) is 2.10. The molecule has 0 aliphatic carbocycles. The van der Waals surface area contributed by atoms with Crippen LogP contribution >= 0.6 is 0 Å². The number of Topliss-reactive ketones (excluding diaryl/α,β-unsaturated/α-hetero) is 2. The molecule has 0 amide bonds. The standard InChI is InChI=1S/C12H20O4/c1-8(2)6-12(9(3)13,10(4)14)7-16-11(5)15/h8H,6-7H2,1-5H3. The molecule has 4 heteroatoms. The van der Waals surface area contributed by atoms with Gasteiger partial charge in [-0.15, -0.1) is 0 Å². The van der Waals surface area contributed by atoms with E-state index < -0.39 is 11.4 Å². The van der Waals surface area contributed by atoms with Crippen LogP contribution in [-0.2, 0) is 19.1 Å². The number of carbonyl (C=O) groups is 3. The molecule has 0 saturated heterocycles. The Kier molecular flexibility index (Phi) is 5.35. The fourth-order valence-electron chi connectivity index (χ4n) is 1.72. The van der Waals surface area contributed by atoms with Gasteiger partial charge < -0.3 is 4.74 Å². The van der Waals surface area contributed by atoms with Crippen LogP contribution in [0.1, 0.15) is 41.0 Å². The first-order valence-electron chi connectivity index (χ1n) is 5.38. The third-order valence-electron chi connectivity index (χ3n) is 2.63. The van der Waals surface area contributed by atoms with E-state index in [4.69, 9.17) is 4.74 Å². The van der Waals surface area contributed by atoms with Gasteiger partial charge in [0, 0.05) is 6.92 Å². The Morgan fingerprint density at radius 3 is 1.75 bits per heavy atom. The van der Waals surface area contributed by atoms with Gasteiger partial charge >= 0.3 is 5.97 Å². The highest BCUT2D eigenvalue weighted by Gasteiger charge is 2.42. The second-order valence-corrected chi connectivity index (χ2v) is 4.57. The minimum absolute atomic E-state index is 0.148. The molecule has 0 aromatic rings. The minimum atomic E-state index is -1.17. The maximum Gasteiger partial charge on any atom is 0.302 e. The van der Waals surface area contributed by atoms with E-state index in [0.29, 0.717) is 6.42 Å². The van der Waals surface area contributed by atoms with E-state index in [1.807, 2.05) is 13.8 Å². The van der Waals surface area contributed by atoms with Gasteiger partial charge in [-0.05, 0) is 26.2 Å². The molecule has 4 nitrogen and oxygen atoms in total. The Bertz CT molecular complexity index is 277. The molecule has 0 unspecified atom stereocenters. The highest BCUT2D eigenvalue weighted by atomic mass is 16.5. The maximum absolute atomic E-state index is 11.6. The lowest BCUT2D eigenvalue weighted by Crippen LogP contribution is -2.42. The number of ether oxygens (including phenoxy) is 1. The molecule has 0 heterocycles. The van der Waals surface area contributed by atoms with Gasteiger partial charge in [-0.2, -0.15) is 0 Å². The molecule has 0 atom stereocenters. The van der Waals surface area contributed by atoms with Gasteiger partial charge in [0.1, 0.15) is 23.6 Å². The molecule has 0 fully saturated rings. The lowest BCUT2D eigenvalue weighted by molar-refractivity contribution is -0.152. The van der Waals surface area contributed by atoms with Crippen LogP contribution in [0, 0.1) is 11.3 Å². The summed E-state index contributed by atoms with van der Waals surface area (Å²) < 4.78 is 4.85. The van der Waals surface area contributed by atoms with Crippen molar-refractivity contribution >= 4 is 17.5 Å². The van der Waals surface area contributed by atoms with Crippen molar-refractivity contribution in [2.24, 2.45) is 11.3 Å². The van der Waals surface area contributed by atoms with E-state index in [2.05, 4.69) is 0 Å². The molecular weight excluding hydrogens is 208 g/mol. The predicted octanol–water partition coefficient (Wildman–Crippen LogP) is 1.76. The molecular formula is C12H20O4. The Morgan fingerprint density at radius 1 is 1.06 bits per heavy atom. The smallest absolute Gasteiger partial charge is 0.302 e. The zero-order valence-electron chi connectivity index (χ0n) is 10.6. The fourth-order valence-corrected chi connectivity index (χ4v) is 1.72. The Hall–Kier alpha value is -1.19. The second-order valence-electron chi connectivity index (χ2n) is 4.57. The Labute approximate surface area is 96.4 Å². The van der Waals surface area contributed by atoms with Crippen molar-refractivity contribution in [1.29, 1.82) is 0 Å². The molecule has 0 aromatic carbocycles. The fraction of sp³-hybridized carbons (Fsp3) is 0.750. The molecule has 0 saturated carbocycles. The van der Waals surface area contributed by atoms with Crippen LogP contribution in [0.15, 0.2) is 0 Å². The second kappa shape index (κ2) is 5.77. The van der Waals surface area contributed by atoms with Crippen LogP contribution in [0.4, 0.5) is 0 Å². The number of esters is 1. The molecule has 92 valence electrons. The van der Waals surface area contributed by atoms with Gasteiger partial charge in [0.2, 0.25) is 0 Å². The molecule has 0 rings (SSSR count). The van der Waals surface area contributed by atoms with Gasteiger partial charge in [0.25, 0.3) is 0 Å². The zero-order chi connectivity index (χ0) is 12.9. The summed E-state index contributed by atoms with van der Waals surface area (Å²) in [5, 5.41) is 0. The molecule has 0 aromatic heterocycles. The first kappa shape index (κ1) is 14.8. The number of rotatable bonds is 6. The third kappa shape index (κ3) is 3.76. The summed E-state index contributed by atoms with van der Waals surface area (Å²) in [6.45, 7) is 7.70. The zero-order valence-corrected chi connectivity index (χ0v) is 10.6. The predicted molar refractivity (Wildman–Crippen MR) is 59.9 cm³/mol. The van der Waals surface area contributed by atoms with Crippen molar-refractivity contribution < 1.29 is 19.1 Å². The van der Waals surface area contributed by atoms with Crippen LogP contribution in [-0.4, -0.2) is 24.1 Å². The quantitative estimate of drug-likeness (QED) is 0.513. The van der Waals surface area contributed by atoms with E-state index in [9.17, 15) is 14.4 Å². The topological polar surface area (TPSA) is 60.4 Å². The van der Waals surface area contributed by atoms with Gasteiger partial charge in [0.15, 0.2) is 0 Å². The Balaban J connectivity index is 5.02. The van der Waals surface area contributed by atoms with Crippen molar-refractivity contribution in [1.82, 2.24) is 0 Å². The summed E-state index contributed by atoms with van der Waals surface area (Å²) in [6, 6.07) is 0. The summed E-state index contributed by atoms with van der Waals surface area (Å²) in [4.78, 5) is 34.1. The number of hydrogen-bond donors (Lipinski definition) is 0. The highest BCUT2D eigenvalue weighted by molar-refractivity contribution is 6.05. The normalized spacial score (nSPS) is 11.4. The van der Waals surface area contributed by atoms with Crippen LogP contribution in [0.5, 0.6) is 0 Å². The monoisotopic (exact) mass is 228 g/mol. The van der Waals surface area contributed by atoms with Crippen molar-refractivity contribution in [2.75, 3.05) is 6.61 Å². The van der Waals surface area contributed by atoms with Crippen LogP contribution in [0.25, 0.3) is 0 Å². The molecule has 0 radical (unpaired) electrons. The summed E-state index contributed by atoms with van der Waals surface area (Å²) in [5.74, 6) is -0.774. The van der Waals surface area contributed by atoms with Crippen molar-refractivity contribution in [3.8, 4) is 0 Å². The Morgan fingerprint density at radius 2 is 1.50 bits per heavy atom. The van der Waals surface area contributed by atoms with Gasteiger partial charge in [-0.25, -0.2) is 0 Å². The lowest BCUT2D eigenvalue weighted by Gasteiger charge is -2.29. The van der Waals surface area contributed by atoms with E-state index in [0.717, 1.165) is 0 Å². The molecule has 0 N–H and O–H groups in total. The van der Waals surface area contributed by atoms with Gasteiger partial charge in [-0.1, -0.05) is 13.8 Å². The van der Waals surface area contributed by atoms with Crippen LogP contribution < -0.4 is 0 Å². The van der Waals surface area contributed by atoms with E-state index in [1.54, 1.807) is 0 Å². The van der Waals surface area contributed by atoms with Crippen molar-refractivity contribution in [2.45, 2.75) is 41.0 Å². The molecule has 0 bridgehead atoms. The van der Waals surface area contributed by atoms with Crippen LogP contribution in [0.2, 0.25) is 0 Å². The van der Waals surface area contributed by atoms with Gasteiger partial charge in [-0.3, -0.25) is 14.4 Å². The summed E-state index contributed by atoms with van der Waals surface area (Å²) in [5.41, 5.74) is -1.17. The molecule has 16 heavy (non-hydrogen) atoms. The summed E-state index contributed by atoms with van der Waals surface area (Å²) in [7, 11) is 0. The lowest BCUT2D eigenvalue weighted by atomic mass is 9.74. The number of hydrogen-bond acceptors (Lipinski definition) is 4. The highest BCUT2D eigenvalue weighted by Crippen LogP contribution is 2.29. The minimum Gasteiger partial charge on any atom is -0.464 e. The number of ketones is 2. The largest absolute Gasteiger partial charge is 0.464 e. The SMILES string of the molecule is CC(=O)OCC(CC(C)C)(C(C)=O)C(C)=O. The maximum atomic E-state index is 11.6. The average molecular weight is 228 g/mol. The van der Waals surface area contributed by atoms with Crippen molar-refractivity contribution in [3.63, 3.8) is 0 Å².